The zero-order chi connectivity index (χ0) is 10.8. The first-order chi connectivity index (χ1) is 7.20. The fraction of sp³-hybridized carbons (Fsp3) is 0. The highest BCUT2D eigenvalue weighted by Gasteiger charge is 2.03. The Balaban J connectivity index is 2.59. The first kappa shape index (κ1) is 10.2. The second-order valence-electron chi connectivity index (χ2n) is 3.11. The number of carbonyl (C=O) groups is 1. The number of fused-ring (bicyclic) bond motifs is 1. The van der Waals surface area contributed by atoms with Crippen LogP contribution in [0.4, 0.5) is 0 Å². The molecule has 0 fully saturated rings. The molecule has 0 amide bonds. The van der Waals surface area contributed by atoms with Gasteiger partial charge in [-0.05, 0) is 35.0 Å². The Labute approximate surface area is 100 Å². The summed E-state index contributed by atoms with van der Waals surface area (Å²) in [6.07, 6.45) is 0. The lowest BCUT2D eigenvalue weighted by Crippen LogP contribution is -1.95. The van der Waals surface area contributed by atoms with Crippen LogP contribution in [0.15, 0.2) is 36.4 Å². The van der Waals surface area contributed by atoms with E-state index in [9.17, 15) is 4.79 Å². The van der Waals surface area contributed by atoms with Gasteiger partial charge in [-0.3, -0.25) is 0 Å². The predicted octanol–water partition coefficient (Wildman–Crippen LogP) is 3.27. The summed E-state index contributed by atoms with van der Waals surface area (Å²) in [5.41, 5.74) is 0.297. The number of halogens is 1. The molecule has 0 aliphatic carbocycles. The summed E-state index contributed by atoms with van der Waals surface area (Å²) >= 11 is 1.81. The summed E-state index contributed by atoms with van der Waals surface area (Å²) in [4.78, 5) is 10.7. The van der Waals surface area contributed by atoms with Gasteiger partial charge in [0.2, 0.25) is 0 Å². The molecule has 15 heavy (non-hydrogen) atoms. The molecule has 4 heteroatoms. The van der Waals surface area contributed by atoms with Gasteiger partial charge in [-0.15, -0.1) is 0 Å². The zero-order valence-electron chi connectivity index (χ0n) is 7.61. The summed E-state index contributed by atoms with van der Waals surface area (Å²) in [6, 6.07) is 10.5. The standard InChI is InChI=1S/C11H7IO3/c12-15-10-4-3-7-5-9(11(13)14)2-1-8(7)6-10/h1-6H,(H,13,14). The number of carboxylic acid groups (broad SMARTS) is 1. The normalized spacial score (nSPS) is 10.2. The van der Waals surface area contributed by atoms with Crippen LogP contribution in [0.1, 0.15) is 10.4 Å². The highest BCUT2D eigenvalue weighted by atomic mass is 127. The first-order valence-electron chi connectivity index (χ1n) is 4.26. The Hall–Kier alpha value is -1.30. The van der Waals surface area contributed by atoms with E-state index in [2.05, 4.69) is 0 Å². The van der Waals surface area contributed by atoms with E-state index in [0.717, 1.165) is 16.5 Å². The van der Waals surface area contributed by atoms with E-state index >= 15 is 0 Å². The Morgan fingerprint density at radius 3 is 2.47 bits per heavy atom. The monoisotopic (exact) mass is 314 g/mol. The second-order valence-corrected chi connectivity index (χ2v) is 3.55. The fourth-order valence-corrected chi connectivity index (χ4v) is 1.68. The summed E-state index contributed by atoms with van der Waals surface area (Å²) in [6.45, 7) is 0. The number of carboxylic acids is 1. The van der Waals surface area contributed by atoms with Gasteiger partial charge in [0.1, 0.15) is 5.75 Å². The Bertz CT molecular complexity index is 522. The molecule has 0 saturated carbocycles. The molecule has 1 N–H and O–H groups in total. The van der Waals surface area contributed by atoms with Gasteiger partial charge in [0.25, 0.3) is 0 Å². The lowest BCUT2D eigenvalue weighted by molar-refractivity contribution is 0.0697. The van der Waals surface area contributed by atoms with Crippen molar-refractivity contribution in [2.24, 2.45) is 0 Å². The van der Waals surface area contributed by atoms with Crippen molar-refractivity contribution in [3.05, 3.63) is 42.0 Å². The smallest absolute Gasteiger partial charge is 0.335 e. The van der Waals surface area contributed by atoms with Crippen molar-refractivity contribution >= 4 is 39.7 Å². The van der Waals surface area contributed by atoms with Gasteiger partial charge < -0.3 is 8.17 Å². The van der Waals surface area contributed by atoms with E-state index < -0.39 is 5.97 Å². The molecule has 0 saturated heterocycles. The van der Waals surface area contributed by atoms with Crippen LogP contribution in [-0.4, -0.2) is 11.1 Å². The van der Waals surface area contributed by atoms with Crippen molar-refractivity contribution in [2.75, 3.05) is 0 Å². The highest BCUT2D eigenvalue weighted by Crippen LogP contribution is 2.23. The third kappa shape index (κ3) is 2.04. The maximum Gasteiger partial charge on any atom is 0.335 e. The quantitative estimate of drug-likeness (QED) is 0.866. The van der Waals surface area contributed by atoms with Gasteiger partial charge in [-0.25, -0.2) is 4.79 Å². The molecule has 0 atom stereocenters. The molecule has 0 unspecified atom stereocenters. The minimum Gasteiger partial charge on any atom is -0.478 e. The largest absolute Gasteiger partial charge is 0.478 e. The van der Waals surface area contributed by atoms with E-state index in [1.54, 1.807) is 24.3 Å². The molecule has 76 valence electrons. The van der Waals surface area contributed by atoms with E-state index in [4.69, 9.17) is 8.17 Å². The van der Waals surface area contributed by atoms with E-state index in [0.29, 0.717) is 5.56 Å². The van der Waals surface area contributed by atoms with Crippen molar-refractivity contribution in [1.82, 2.24) is 0 Å². The van der Waals surface area contributed by atoms with Gasteiger partial charge in [0.05, 0.1) is 5.56 Å². The van der Waals surface area contributed by atoms with Crippen LogP contribution < -0.4 is 3.07 Å². The van der Waals surface area contributed by atoms with Crippen LogP contribution >= 0.6 is 23.0 Å². The van der Waals surface area contributed by atoms with Crippen molar-refractivity contribution in [3.63, 3.8) is 0 Å². The molecular weight excluding hydrogens is 307 g/mol. The maximum atomic E-state index is 10.7. The molecule has 0 aliphatic rings. The van der Waals surface area contributed by atoms with Crippen LogP contribution in [0.25, 0.3) is 10.8 Å². The van der Waals surface area contributed by atoms with Crippen LogP contribution in [0.2, 0.25) is 0 Å². The van der Waals surface area contributed by atoms with Crippen molar-refractivity contribution < 1.29 is 13.0 Å². The Kier molecular flexibility index (Phi) is 2.77. The Morgan fingerprint density at radius 1 is 1.13 bits per heavy atom. The molecule has 2 rings (SSSR count). The third-order valence-electron chi connectivity index (χ3n) is 2.15. The van der Waals surface area contributed by atoms with Gasteiger partial charge in [-0.1, -0.05) is 12.1 Å². The van der Waals surface area contributed by atoms with Gasteiger partial charge in [0, 0.05) is 0 Å². The molecule has 0 spiro atoms. The topological polar surface area (TPSA) is 46.5 Å². The minimum atomic E-state index is -0.911. The van der Waals surface area contributed by atoms with E-state index in [1.807, 2.05) is 35.1 Å². The van der Waals surface area contributed by atoms with Crippen LogP contribution in [-0.2, 0) is 0 Å². The van der Waals surface area contributed by atoms with Gasteiger partial charge >= 0.3 is 5.97 Å². The molecule has 0 radical (unpaired) electrons. The van der Waals surface area contributed by atoms with Crippen LogP contribution in [0, 0.1) is 0 Å². The lowest BCUT2D eigenvalue weighted by Gasteiger charge is -2.01. The van der Waals surface area contributed by atoms with Crippen molar-refractivity contribution in [1.29, 1.82) is 0 Å². The molecule has 0 aliphatic heterocycles. The van der Waals surface area contributed by atoms with Crippen LogP contribution in [0.3, 0.4) is 0 Å². The molecule has 0 heterocycles. The lowest BCUT2D eigenvalue weighted by atomic mass is 10.1. The summed E-state index contributed by atoms with van der Waals surface area (Å²) in [5.74, 6) is -0.155. The van der Waals surface area contributed by atoms with E-state index in [1.165, 1.54) is 0 Å². The highest BCUT2D eigenvalue weighted by molar-refractivity contribution is 14.1. The SMILES string of the molecule is O=C(O)c1ccc2cc(OI)ccc2c1. The van der Waals surface area contributed by atoms with Crippen molar-refractivity contribution in [3.8, 4) is 5.75 Å². The first-order valence-corrected chi connectivity index (χ1v) is 5.14. The molecule has 3 nitrogen and oxygen atoms in total. The van der Waals surface area contributed by atoms with Gasteiger partial charge in [-0.2, -0.15) is 0 Å². The molecule has 2 aromatic carbocycles. The molecular formula is C11H7IO3. The number of benzene rings is 2. The zero-order valence-corrected chi connectivity index (χ0v) is 9.76. The maximum absolute atomic E-state index is 10.7. The summed E-state index contributed by atoms with van der Waals surface area (Å²) in [7, 11) is 0. The number of hydrogen-bond acceptors (Lipinski definition) is 2. The average molecular weight is 314 g/mol. The second kappa shape index (κ2) is 4.06. The molecule has 0 bridgehead atoms. The predicted molar refractivity (Wildman–Crippen MR) is 65.6 cm³/mol. The average Bonchev–Trinajstić information content (AvgIpc) is 2.27. The number of aromatic carboxylic acids is 1. The third-order valence-corrected chi connectivity index (χ3v) is 2.66. The minimum absolute atomic E-state index is 0.297. The Morgan fingerprint density at radius 2 is 1.80 bits per heavy atom. The number of rotatable bonds is 2. The molecule has 2 aromatic rings. The van der Waals surface area contributed by atoms with Crippen LogP contribution in [0.5, 0.6) is 5.75 Å². The summed E-state index contributed by atoms with van der Waals surface area (Å²) in [5, 5.41) is 10.7. The van der Waals surface area contributed by atoms with Crippen molar-refractivity contribution in [2.45, 2.75) is 0 Å². The van der Waals surface area contributed by atoms with E-state index in [-0.39, 0.29) is 0 Å². The fourth-order valence-electron chi connectivity index (χ4n) is 1.40. The number of hydrogen-bond donors (Lipinski definition) is 1. The van der Waals surface area contributed by atoms with Gasteiger partial charge in [0.15, 0.2) is 23.0 Å². The molecule has 0 aromatic heterocycles. The summed E-state index contributed by atoms with van der Waals surface area (Å²) < 4.78 is 5.05.